The number of esters is 7. The second-order valence-corrected chi connectivity index (χ2v) is 26.0. The monoisotopic (exact) mass is 1350 g/mol. The van der Waals surface area contributed by atoms with Gasteiger partial charge in [-0.25, -0.2) is 4.79 Å². The van der Waals surface area contributed by atoms with Crippen molar-refractivity contribution in [3.63, 3.8) is 0 Å². The van der Waals surface area contributed by atoms with E-state index in [1.807, 2.05) is 0 Å². The molecule has 2 amide bonds. The summed E-state index contributed by atoms with van der Waals surface area (Å²) in [5.41, 5.74) is 2.38. The molecule has 1 aliphatic heterocycles. The Labute approximate surface area is 542 Å². The van der Waals surface area contributed by atoms with Crippen molar-refractivity contribution >= 4 is 69.0 Å². The van der Waals surface area contributed by atoms with Gasteiger partial charge in [0.2, 0.25) is 5.91 Å². The number of ether oxygens (including phenoxy) is 10. The Morgan fingerprint density at radius 2 is 0.840 bits per heavy atom. The third kappa shape index (κ3) is 24.7. The highest BCUT2D eigenvalue weighted by Gasteiger charge is 2.56. The van der Waals surface area contributed by atoms with E-state index < -0.39 is 182 Å². The summed E-state index contributed by atoms with van der Waals surface area (Å²) in [6.45, 7) is 1.97. The lowest BCUT2D eigenvalue weighted by Crippen LogP contribution is -2.68. The van der Waals surface area contributed by atoms with Crippen LogP contribution in [0.4, 0.5) is 4.79 Å². The minimum absolute atomic E-state index is 0.347. The average molecular weight is 1350 g/mol. The first-order chi connectivity index (χ1) is 44.9. The van der Waals surface area contributed by atoms with Crippen molar-refractivity contribution in [1.82, 2.24) is 10.6 Å². The summed E-state index contributed by atoms with van der Waals surface area (Å²) in [5.74, 6) is -8.36. The van der Waals surface area contributed by atoms with E-state index in [0.29, 0.717) is 27.8 Å². The number of hydrogen-bond acceptors (Lipinski definition) is 25. The normalized spacial score (nSPS) is 17.5. The first-order valence-electron chi connectivity index (χ1n) is 29.5. The number of hydrogen-bond donors (Lipinski definition) is 2. The molecule has 0 spiro atoms. The highest BCUT2D eigenvalue weighted by atomic mass is 31.2. The highest BCUT2D eigenvalue weighted by molar-refractivity contribution is 7.72. The van der Waals surface area contributed by atoms with E-state index in [1.54, 1.807) is 152 Å². The first kappa shape index (κ1) is 74.4. The van der Waals surface area contributed by atoms with Crippen molar-refractivity contribution in [3.05, 3.63) is 179 Å². The second kappa shape index (κ2) is 37.3. The van der Waals surface area contributed by atoms with Gasteiger partial charge in [-0.15, -0.1) is 0 Å². The SMILES string of the molecule is CC(=O)OCC(NC(=O)CC(P(=O)(OCc1ccccc1)OCc1ccccc1)P(=O)(OCc1ccccc1)OCc1ccccc1)[C@@H](OC(C)=O)[C@H](O[C@@H]1OC(COC(C)=O)[C@@H](OC(C)=O)[C@H](OC(C)=O)C1NC(=O)OCc1ccccc1)C(COC(C)=O)OC(C)=O. The van der Waals surface area contributed by atoms with Gasteiger partial charge in [-0.2, -0.15) is 0 Å². The van der Waals surface area contributed by atoms with Gasteiger partial charge in [0.1, 0.15) is 50.7 Å². The molecule has 0 radical (unpaired) electrons. The predicted octanol–water partition coefficient (Wildman–Crippen LogP) is 8.26. The predicted molar refractivity (Wildman–Crippen MR) is 330 cm³/mol. The van der Waals surface area contributed by atoms with Crippen LogP contribution >= 0.6 is 15.2 Å². The van der Waals surface area contributed by atoms with Crippen LogP contribution in [-0.4, -0.2) is 134 Å². The third-order valence-corrected chi connectivity index (χ3v) is 19.1. The van der Waals surface area contributed by atoms with E-state index in [-0.39, 0.29) is 6.61 Å². The summed E-state index contributed by atoms with van der Waals surface area (Å²) in [6, 6.07) is 38.1. The number of amides is 2. The van der Waals surface area contributed by atoms with Crippen molar-refractivity contribution in [2.75, 3.05) is 19.8 Å². The van der Waals surface area contributed by atoms with Gasteiger partial charge >= 0.3 is 63.1 Å². The summed E-state index contributed by atoms with van der Waals surface area (Å²) >= 11 is 0. The average Bonchev–Trinajstić information content (AvgIpc) is 0.786. The number of benzene rings is 5. The summed E-state index contributed by atoms with van der Waals surface area (Å²) in [5, 5.41) is 2.92. The van der Waals surface area contributed by atoms with Gasteiger partial charge in [0.25, 0.3) is 0 Å². The molecule has 94 heavy (non-hydrogen) atoms. The van der Waals surface area contributed by atoms with Gasteiger partial charge in [0.15, 0.2) is 36.1 Å². The summed E-state index contributed by atoms with van der Waals surface area (Å²) < 4.78 is 116. The summed E-state index contributed by atoms with van der Waals surface area (Å²) in [6.07, 6.45) is -16.3. The van der Waals surface area contributed by atoms with E-state index >= 15 is 13.9 Å². The Balaban J connectivity index is 1.55. The van der Waals surface area contributed by atoms with Crippen LogP contribution in [0.2, 0.25) is 0 Å². The largest absolute Gasteiger partial charge is 0.464 e. The fourth-order valence-corrected chi connectivity index (χ4v) is 14.5. The molecular weight excluding hydrogens is 1270 g/mol. The molecule has 5 aromatic rings. The number of alkyl carbamates (subject to hydrolysis) is 1. The second-order valence-electron chi connectivity index (χ2n) is 21.1. The molecule has 4 unspecified atom stereocenters. The van der Waals surface area contributed by atoms with Gasteiger partial charge in [0, 0.05) is 48.5 Å². The van der Waals surface area contributed by atoms with Gasteiger partial charge < -0.3 is 76.1 Å². The van der Waals surface area contributed by atoms with Crippen molar-refractivity contribution in [1.29, 1.82) is 0 Å². The number of carbonyl (C=O) groups is 9. The molecule has 1 aliphatic rings. The van der Waals surface area contributed by atoms with Gasteiger partial charge in [0.05, 0.1) is 32.8 Å². The molecule has 6 rings (SSSR count). The molecular formula is C65H76N2O25P2. The Bertz CT molecular complexity index is 3190. The standard InChI is InChI=1S/C65H76N2O25P2/c1-42(68)79-39-54(66-57(75)33-58(93(77,83-35-50-25-15-9-16-26-50)84-36-51-27-17-10-18-28-51)94(78,85-37-52-29-19-11-20-30-52)86-38-53-31-21-12-22-32-53)60(88-46(5)72)61(55(87-45(4)71)40-80-43(2)69)92-64-59(67-65(76)82-34-49-23-13-8-14-24-49)63(90-48(7)74)62(89-47(6)73)56(91-64)41-81-44(3)70/h8-32,54-56,58-64H,33-41H2,1-7H3,(H,66,75)(H,67,76)/t54?,55?,56?,59?,60-,61-,62-,63-,64+/m1/s1. The molecule has 5 aromatic carbocycles. The van der Waals surface area contributed by atoms with Gasteiger partial charge in [-0.3, -0.25) is 47.5 Å². The quantitative estimate of drug-likeness (QED) is 0.0219. The molecule has 0 aromatic heterocycles. The first-order valence-corrected chi connectivity index (χ1v) is 32.7. The molecule has 1 fully saturated rings. The Morgan fingerprint density at radius 1 is 0.447 bits per heavy atom. The lowest BCUT2D eigenvalue weighted by atomic mass is 9.95. The van der Waals surface area contributed by atoms with Crippen molar-refractivity contribution < 1.29 is 118 Å². The van der Waals surface area contributed by atoms with Crippen LogP contribution in [-0.2, 0) is 146 Å². The van der Waals surface area contributed by atoms with Crippen molar-refractivity contribution in [2.24, 2.45) is 0 Å². The summed E-state index contributed by atoms with van der Waals surface area (Å²) in [4.78, 5) is 121. The fourth-order valence-electron chi connectivity index (χ4n) is 9.41. The van der Waals surface area contributed by atoms with Gasteiger partial charge in [-0.05, 0) is 27.8 Å². The van der Waals surface area contributed by atoms with Crippen LogP contribution in [0, 0.1) is 0 Å². The molecule has 2 N–H and O–H groups in total. The zero-order valence-electron chi connectivity index (χ0n) is 52.7. The number of carbonyl (C=O) groups excluding carboxylic acids is 9. The van der Waals surface area contributed by atoms with Crippen LogP contribution in [0.5, 0.6) is 0 Å². The van der Waals surface area contributed by atoms with E-state index in [4.69, 9.17) is 65.5 Å². The van der Waals surface area contributed by atoms with Crippen LogP contribution in [0.1, 0.15) is 82.7 Å². The minimum Gasteiger partial charge on any atom is -0.464 e. The lowest BCUT2D eigenvalue weighted by Gasteiger charge is -2.47. The maximum atomic E-state index is 16.3. The smallest absolute Gasteiger partial charge is 0.407 e. The molecule has 0 bridgehead atoms. The minimum atomic E-state index is -5.12. The third-order valence-electron chi connectivity index (χ3n) is 13.6. The maximum absolute atomic E-state index is 16.3. The van der Waals surface area contributed by atoms with E-state index in [2.05, 4.69) is 10.6 Å². The molecule has 0 saturated carbocycles. The number of nitrogens with one attached hydrogen (secondary N) is 2. The molecule has 27 nitrogen and oxygen atoms in total. The van der Waals surface area contributed by atoms with Crippen molar-refractivity contribution in [2.45, 2.75) is 148 Å². The van der Waals surface area contributed by atoms with Crippen LogP contribution in [0.25, 0.3) is 0 Å². The van der Waals surface area contributed by atoms with Gasteiger partial charge in [-0.1, -0.05) is 152 Å². The van der Waals surface area contributed by atoms with E-state index in [1.165, 1.54) is 0 Å². The Morgan fingerprint density at radius 3 is 1.23 bits per heavy atom. The van der Waals surface area contributed by atoms with E-state index in [0.717, 1.165) is 48.5 Å². The Hall–Kier alpha value is -8.65. The highest BCUT2D eigenvalue weighted by Crippen LogP contribution is 2.72. The number of rotatable bonds is 35. The molecule has 29 heteroatoms. The molecule has 1 heterocycles. The van der Waals surface area contributed by atoms with Crippen molar-refractivity contribution in [3.8, 4) is 0 Å². The molecule has 0 aliphatic carbocycles. The maximum Gasteiger partial charge on any atom is 0.407 e. The molecule has 9 atom stereocenters. The Kier molecular flexibility index (Phi) is 29.5. The zero-order chi connectivity index (χ0) is 68.2. The van der Waals surface area contributed by atoms with Crippen LogP contribution in [0.3, 0.4) is 0 Å². The fraction of sp³-hybridized carbons (Fsp3) is 0.400. The summed E-state index contributed by atoms with van der Waals surface area (Å²) in [7, 11) is -10.2. The lowest BCUT2D eigenvalue weighted by molar-refractivity contribution is -0.304. The van der Waals surface area contributed by atoms with E-state index in [9.17, 15) is 38.4 Å². The van der Waals surface area contributed by atoms with Crippen LogP contribution in [0.15, 0.2) is 152 Å². The van der Waals surface area contributed by atoms with Crippen LogP contribution < -0.4 is 10.6 Å². The molecule has 506 valence electrons. The molecule has 1 saturated heterocycles. The zero-order valence-corrected chi connectivity index (χ0v) is 54.5. The topological polar surface area (TPSA) is 341 Å².